The van der Waals surface area contributed by atoms with Crippen LogP contribution in [0.3, 0.4) is 0 Å². The first-order valence-corrected chi connectivity index (χ1v) is 6.69. The Labute approximate surface area is 106 Å². The first kappa shape index (κ1) is 11.5. The predicted octanol–water partition coefficient (Wildman–Crippen LogP) is 1.54. The van der Waals surface area contributed by atoms with E-state index in [9.17, 15) is 9.59 Å². The standard InChI is InChI=1S/C14H18N2O2/c17-13-3-4-15-8-12(13)14(18)16-7-11-6-9-1-2-10(11)5-9/h3-4,8-11H,1-2,5-7H2,(H,15,17)(H,16,18). The van der Waals surface area contributed by atoms with Gasteiger partial charge in [0.2, 0.25) is 0 Å². The molecule has 3 rings (SSSR count). The fraction of sp³-hybridized carbons (Fsp3) is 0.571. The highest BCUT2D eigenvalue weighted by Crippen LogP contribution is 2.47. The van der Waals surface area contributed by atoms with Crippen molar-refractivity contribution >= 4 is 5.91 Å². The SMILES string of the molecule is O=C(NCC1CC2CCC1C2)c1c[nH]ccc1=O. The fourth-order valence-electron chi connectivity index (χ4n) is 3.54. The van der Waals surface area contributed by atoms with E-state index in [1.54, 1.807) is 0 Å². The lowest BCUT2D eigenvalue weighted by Crippen LogP contribution is -2.34. The van der Waals surface area contributed by atoms with Crippen molar-refractivity contribution in [2.75, 3.05) is 6.54 Å². The number of H-pyrrole nitrogens is 1. The Balaban J connectivity index is 1.59. The van der Waals surface area contributed by atoms with Gasteiger partial charge in [0.25, 0.3) is 5.91 Å². The minimum Gasteiger partial charge on any atom is -0.367 e. The maximum Gasteiger partial charge on any atom is 0.256 e. The van der Waals surface area contributed by atoms with Crippen LogP contribution in [0.5, 0.6) is 0 Å². The first-order chi connectivity index (χ1) is 8.74. The van der Waals surface area contributed by atoms with E-state index in [4.69, 9.17) is 0 Å². The van der Waals surface area contributed by atoms with E-state index in [0.717, 1.165) is 11.8 Å². The number of hydrogen-bond acceptors (Lipinski definition) is 2. The average molecular weight is 246 g/mol. The third kappa shape index (κ3) is 2.07. The largest absolute Gasteiger partial charge is 0.367 e. The minimum atomic E-state index is -0.250. The van der Waals surface area contributed by atoms with E-state index in [1.165, 1.54) is 44.1 Å². The first-order valence-electron chi connectivity index (χ1n) is 6.69. The number of amides is 1. The lowest BCUT2D eigenvalue weighted by atomic mass is 9.89. The monoisotopic (exact) mass is 246 g/mol. The molecule has 2 N–H and O–H groups in total. The molecule has 4 heteroatoms. The molecule has 2 bridgehead atoms. The number of pyridine rings is 1. The maximum absolute atomic E-state index is 11.9. The number of carbonyl (C=O) groups excluding carboxylic acids is 1. The third-order valence-corrected chi connectivity index (χ3v) is 4.48. The zero-order valence-electron chi connectivity index (χ0n) is 10.3. The number of aromatic nitrogens is 1. The highest BCUT2D eigenvalue weighted by Gasteiger charge is 2.39. The molecule has 4 nitrogen and oxygen atoms in total. The molecule has 96 valence electrons. The molecule has 2 aliphatic carbocycles. The molecule has 3 unspecified atom stereocenters. The molecule has 0 spiro atoms. The number of rotatable bonds is 3. The Morgan fingerprint density at radius 3 is 2.94 bits per heavy atom. The van der Waals surface area contributed by atoms with Gasteiger partial charge in [-0.3, -0.25) is 9.59 Å². The summed E-state index contributed by atoms with van der Waals surface area (Å²) in [5.41, 5.74) is -0.0140. The summed E-state index contributed by atoms with van der Waals surface area (Å²) in [6.07, 6.45) is 8.28. The molecule has 0 saturated heterocycles. The lowest BCUT2D eigenvalue weighted by Gasteiger charge is -2.21. The van der Waals surface area contributed by atoms with Crippen LogP contribution in [-0.4, -0.2) is 17.4 Å². The van der Waals surface area contributed by atoms with Gasteiger partial charge in [0.1, 0.15) is 5.56 Å². The predicted molar refractivity (Wildman–Crippen MR) is 68.3 cm³/mol. The van der Waals surface area contributed by atoms with Crippen molar-refractivity contribution in [1.82, 2.24) is 10.3 Å². The normalized spacial score (nSPS) is 29.4. The van der Waals surface area contributed by atoms with E-state index in [2.05, 4.69) is 10.3 Å². The third-order valence-electron chi connectivity index (χ3n) is 4.48. The number of fused-ring (bicyclic) bond motifs is 2. The van der Waals surface area contributed by atoms with E-state index >= 15 is 0 Å². The molecular formula is C14H18N2O2. The fourth-order valence-corrected chi connectivity index (χ4v) is 3.54. The molecule has 0 aliphatic heterocycles. The van der Waals surface area contributed by atoms with Gasteiger partial charge < -0.3 is 10.3 Å². The van der Waals surface area contributed by atoms with Crippen LogP contribution in [0.1, 0.15) is 36.0 Å². The summed E-state index contributed by atoms with van der Waals surface area (Å²) in [5.74, 6) is 2.05. The van der Waals surface area contributed by atoms with Crippen molar-refractivity contribution in [2.24, 2.45) is 17.8 Å². The molecule has 2 saturated carbocycles. The summed E-state index contributed by atoms with van der Waals surface area (Å²) in [5, 5.41) is 2.91. The van der Waals surface area contributed by atoms with E-state index in [-0.39, 0.29) is 16.9 Å². The molecular weight excluding hydrogens is 228 g/mol. The van der Waals surface area contributed by atoms with Gasteiger partial charge in [0.15, 0.2) is 5.43 Å². The number of nitrogens with one attached hydrogen (secondary N) is 2. The van der Waals surface area contributed by atoms with Gasteiger partial charge in [-0.05, 0) is 37.0 Å². The van der Waals surface area contributed by atoms with Crippen molar-refractivity contribution in [2.45, 2.75) is 25.7 Å². The highest BCUT2D eigenvalue weighted by molar-refractivity contribution is 5.93. The van der Waals surface area contributed by atoms with Gasteiger partial charge in [0.05, 0.1) is 0 Å². The van der Waals surface area contributed by atoms with Crippen LogP contribution >= 0.6 is 0 Å². The number of aromatic amines is 1. The van der Waals surface area contributed by atoms with Gasteiger partial charge in [0, 0.05) is 25.0 Å². The topological polar surface area (TPSA) is 62.0 Å². The van der Waals surface area contributed by atoms with Crippen LogP contribution in [0.25, 0.3) is 0 Å². The Kier molecular flexibility index (Phi) is 2.94. The Morgan fingerprint density at radius 2 is 2.28 bits per heavy atom. The van der Waals surface area contributed by atoms with Crippen molar-refractivity contribution in [3.8, 4) is 0 Å². The van der Waals surface area contributed by atoms with Crippen LogP contribution in [0.2, 0.25) is 0 Å². The van der Waals surface area contributed by atoms with Crippen LogP contribution in [0.4, 0.5) is 0 Å². The van der Waals surface area contributed by atoms with Crippen molar-refractivity contribution in [1.29, 1.82) is 0 Å². The maximum atomic E-state index is 11.9. The summed E-state index contributed by atoms with van der Waals surface area (Å²) in [7, 11) is 0. The summed E-state index contributed by atoms with van der Waals surface area (Å²) >= 11 is 0. The summed E-state index contributed by atoms with van der Waals surface area (Å²) in [4.78, 5) is 26.2. The molecule has 2 aliphatic rings. The van der Waals surface area contributed by atoms with E-state index < -0.39 is 0 Å². The molecule has 1 amide bonds. The molecule has 18 heavy (non-hydrogen) atoms. The molecule has 0 radical (unpaired) electrons. The quantitative estimate of drug-likeness (QED) is 0.849. The molecule has 1 aromatic heterocycles. The number of hydrogen-bond donors (Lipinski definition) is 2. The smallest absolute Gasteiger partial charge is 0.256 e. The van der Waals surface area contributed by atoms with Gasteiger partial charge in [-0.25, -0.2) is 0 Å². The second-order valence-corrected chi connectivity index (χ2v) is 5.57. The Morgan fingerprint density at radius 1 is 1.39 bits per heavy atom. The lowest BCUT2D eigenvalue weighted by molar-refractivity contribution is 0.0940. The molecule has 2 fully saturated rings. The van der Waals surface area contributed by atoms with Crippen molar-refractivity contribution < 1.29 is 4.79 Å². The van der Waals surface area contributed by atoms with Crippen LogP contribution in [0, 0.1) is 17.8 Å². The Bertz CT molecular complexity index is 509. The minimum absolute atomic E-state index is 0.209. The van der Waals surface area contributed by atoms with Crippen molar-refractivity contribution in [3.05, 3.63) is 34.2 Å². The zero-order chi connectivity index (χ0) is 12.5. The van der Waals surface area contributed by atoms with Gasteiger partial charge in [-0.2, -0.15) is 0 Å². The van der Waals surface area contributed by atoms with Crippen molar-refractivity contribution in [3.63, 3.8) is 0 Å². The van der Waals surface area contributed by atoms with Crippen LogP contribution in [0.15, 0.2) is 23.3 Å². The Hall–Kier alpha value is -1.58. The van der Waals surface area contributed by atoms with Gasteiger partial charge in [-0.15, -0.1) is 0 Å². The molecule has 1 aromatic rings. The summed E-state index contributed by atoms with van der Waals surface area (Å²) in [6.45, 7) is 0.717. The number of carbonyl (C=O) groups is 1. The highest BCUT2D eigenvalue weighted by atomic mass is 16.2. The molecule has 0 aromatic carbocycles. The van der Waals surface area contributed by atoms with E-state index in [0.29, 0.717) is 12.5 Å². The average Bonchev–Trinajstić information content (AvgIpc) is 2.98. The van der Waals surface area contributed by atoms with E-state index in [1.807, 2.05) is 0 Å². The van der Waals surface area contributed by atoms with Crippen LogP contribution in [-0.2, 0) is 0 Å². The zero-order valence-corrected chi connectivity index (χ0v) is 10.3. The van der Waals surface area contributed by atoms with Gasteiger partial charge >= 0.3 is 0 Å². The summed E-state index contributed by atoms with van der Waals surface area (Å²) in [6, 6.07) is 1.38. The van der Waals surface area contributed by atoms with Crippen LogP contribution < -0.4 is 10.7 Å². The van der Waals surface area contributed by atoms with Gasteiger partial charge in [-0.1, -0.05) is 6.42 Å². The summed E-state index contributed by atoms with van der Waals surface area (Å²) < 4.78 is 0. The second-order valence-electron chi connectivity index (χ2n) is 5.57. The molecule has 3 atom stereocenters. The second kappa shape index (κ2) is 4.59. The molecule has 1 heterocycles.